The predicted molar refractivity (Wildman–Crippen MR) is 81.6 cm³/mol. The molecule has 0 aliphatic carbocycles. The minimum Gasteiger partial charge on any atom is -0.295 e. The summed E-state index contributed by atoms with van der Waals surface area (Å²) in [5.74, 6) is 0.671. The summed E-state index contributed by atoms with van der Waals surface area (Å²) in [4.78, 5) is 4.31. The molecule has 0 amide bonds. The molecule has 5 nitrogen and oxygen atoms in total. The van der Waals surface area contributed by atoms with Crippen molar-refractivity contribution >= 4 is 21.8 Å². The van der Waals surface area contributed by atoms with E-state index in [1.54, 1.807) is 6.20 Å². The van der Waals surface area contributed by atoms with E-state index in [1.807, 2.05) is 42.0 Å². The smallest absolute Gasteiger partial charge is 0.209 e. The van der Waals surface area contributed by atoms with Gasteiger partial charge in [0, 0.05) is 18.1 Å². The van der Waals surface area contributed by atoms with Crippen LogP contribution in [0.15, 0.2) is 41.8 Å². The molecule has 0 saturated heterocycles. The van der Waals surface area contributed by atoms with E-state index < -0.39 is 10.0 Å². The largest absolute Gasteiger partial charge is 0.295 e. The lowest BCUT2D eigenvalue weighted by atomic mass is 10.2. The first-order valence-electron chi connectivity index (χ1n) is 6.20. The monoisotopic (exact) mass is 311 g/mol. The van der Waals surface area contributed by atoms with E-state index in [9.17, 15) is 8.42 Å². The molecule has 0 radical (unpaired) electrons. The molecule has 108 valence electrons. The van der Waals surface area contributed by atoms with Gasteiger partial charge in [0.05, 0.1) is 11.4 Å². The molecule has 0 fully saturated rings. The number of aromatic nitrogens is 2. The minimum absolute atomic E-state index is 0.00503. The maximum absolute atomic E-state index is 10.9. The van der Waals surface area contributed by atoms with E-state index in [0.29, 0.717) is 12.2 Å². The Balaban J connectivity index is 2.05. The van der Waals surface area contributed by atoms with Crippen molar-refractivity contribution in [2.45, 2.75) is 18.5 Å². The van der Waals surface area contributed by atoms with Crippen LogP contribution in [-0.2, 0) is 10.0 Å². The van der Waals surface area contributed by atoms with E-state index >= 15 is 0 Å². The summed E-state index contributed by atoms with van der Waals surface area (Å²) >= 11 is 1.53. The summed E-state index contributed by atoms with van der Waals surface area (Å²) in [7, 11) is -3.37. The highest BCUT2D eigenvalue weighted by atomic mass is 32.2. The van der Waals surface area contributed by atoms with Gasteiger partial charge in [0.1, 0.15) is 0 Å². The van der Waals surface area contributed by atoms with Gasteiger partial charge in [-0.05, 0) is 25.0 Å². The fraction of sp³-hybridized carbons (Fsp3) is 0.308. The zero-order chi connectivity index (χ0) is 14.6. The van der Waals surface area contributed by atoms with Crippen molar-refractivity contribution in [3.8, 4) is 5.69 Å². The van der Waals surface area contributed by atoms with E-state index in [-0.39, 0.29) is 5.75 Å². The van der Waals surface area contributed by atoms with E-state index in [0.717, 1.165) is 16.4 Å². The molecular formula is C13H17N3O2S2. The summed E-state index contributed by atoms with van der Waals surface area (Å²) in [5.41, 5.74) is 2.25. The lowest BCUT2D eigenvalue weighted by Crippen LogP contribution is -2.16. The van der Waals surface area contributed by atoms with Gasteiger partial charge in [0.15, 0.2) is 5.16 Å². The van der Waals surface area contributed by atoms with Gasteiger partial charge < -0.3 is 0 Å². The molecule has 2 aromatic rings. The maximum atomic E-state index is 10.9. The van der Waals surface area contributed by atoms with Crippen molar-refractivity contribution in [1.82, 2.24) is 9.55 Å². The number of thioether (sulfide) groups is 1. The van der Waals surface area contributed by atoms with Crippen LogP contribution >= 0.6 is 11.8 Å². The van der Waals surface area contributed by atoms with Gasteiger partial charge >= 0.3 is 0 Å². The molecule has 0 atom stereocenters. The van der Waals surface area contributed by atoms with Crippen LogP contribution in [0.1, 0.15) is 12.0 Å². The molecule has 0 unspecified atom stereocenters. The van der Waals surface area contributed by atoms with Crippen LogP contribution < -0.4 is 5.14 Å². The van der Waals surface area contributed by atoms with Crippen LogP contribution in [-0.4, -0.2) is 29.5 Å². The molecule has 7 heteroatoms. The number of imidazole rings is 1. The molecule has 0 aliphatic heterocycles. The van der Waals surface area contributed by atoms with Gasteiger partial charge in [-0.2, -0.15) is 0 Å². The average Bonchev–Trinajstić information content (AvgIpc) is 2.82. The Kier molecular flexibility index (Phi) is 4.85. The quantitative estimate of drug-likeness (QED) is 0.653. The molecule has 1 heterocycles. The van der Waals surface area contributed by atoms with E-state index in [1.165, 1.54) is 11.8 Å². The zero-order valence-corrected chi connectivity index (χ0v) is 12.8. The Morgan fingerprint density at radius 1 is 1.35 bits per heavy atom. The van der Waals surface area contributed by atoms with Gasteiger partial charge in [-0.3, -0.25) is 4.57 Å². The molecule has 1 aromatic carbocycles. The van der Waals surface area contributed by atoms with Crippen LogP contribution in [0.5, 0.6) is 0 Å². The molecule has 0 bridgehead atoms. The molecule has 0 saturated carbocycles. The van der Waals surface area contributed by atoms with Crippen molar-refractivity contribution in [3.63, 3.8) is 0 Å². The molecular weight excluding hydrogens is 294 g/mol. The summed E-state index contributed by atoms with van der Waals surface area (Å²) in [5, 5.41) is 5.83. The maximum Gasteiger partial charge on any atom is 0.209 e. The Bertz CT molecular complexity index is 680. The van der Waals surface area contributed by atoms with Gasteiger partial charge in [-0.1, -0.05) is 30.0 Å². The number of nitrogens with two attached hydrogens (primary N) is 1. The number of nitrogens with zero attached hydrogens (tertiary/aromatic N) is 2. The van der Waals surface area contributed by atoms with Gasteiger partial charge in [-0.25, -0.2) is 18.5 Å². The number of aryl methyl sites for hydroxylation is 1. The number of rotatable bonds is 6. The van der Waals surface area contributed by atoms with Crippen LogP contribution in [0.25, 0.3) is 5.69 Å². The second-order valence-electron chi connectivity index (χ2n) is 4.44. The lowest BCUT2D eigenvalue weighted by Gasteiger charge is -2.09. The molecule has 1 aromatic heterocycles. The first-order chi connectivity index (χ1) is 9.47. The van der Waals surface area contributed by atoms with Crippen molar-refractivity contribution in [2.75, 3.05) is 11.5 Å². The van der Waals surface area contributed by atoms with Crippen molar-refractivity contribution in [2.24, 2.45) is 5.14 Å². The van der Waals surface area contributed by atoms with Crippen LogP contribution in [0.2, 0.25) is 0 Å². The molecule has 2 rings (SSSR count). The second-order valence-corrected chi connectivity index (χ2v) is 7.23. The molecule has 0 spiro atoms. The van der Waals surface area contributed by atoms with Crippen molar-refractivity contribution < 1.29 is 8.42 Å². The molecule has 0 aliphatic rings. The normalized spacial score (nSPS) is 11.7. The lowest BCUT2D eigenvalue weighted by molar-refractivity contribution is 0.596. The first kappa shape index (κ1) is 15.1. The third-order valence-corrected chi connectivity index (χ3v) is 4.70. The Morgan fingerprint density at radius 2 is 2.10 bits per heavy atom. The summed E-state index contributed by atoms with van der Waals surface area (Å²) in [6.07, 6.45) is 4.17. The highest BCUT2D eigenvalue weighted by Gasteiger charge is 2.08. The predicted octanol–water partition coefficient (Wildman–Crippen LogP) is 1.95. The zero-order valence-electron chi connectivity index (χ0n) is 11.2. The molecule has 2 N–H and O–H groups in total. The average molecular weight is 311 g/mol. The van der Waals surface area contributed by atoms with Gasteiger partial charge in [-0.15, -0.1) is 0 Å². The summed E-state index contributed by atoms with van der Waals surface area (Å²) < 4.78 is 23.8. The van der Waals surface area contributed by atoms with Gasteiger partial charge in [0.25, 0.3) is 0 Å². The summed E-state index contributed by atoms with van der Waals surface area (Å²) in [6, 6.07) is 8.06. The third kappa shape index (κ3) is 4.09. The Labute approximate surface area is 123 Å². The minimum atomic E-state index is -3.37. The van der Waals surface area contributed by atoms with Crippen molar-refractivity contribution in [3.05, 3.63) is 42.2 Å². The van der Waals surface area contributed by atoms with Crippen molar-refractivity contribution in [1.29, 1.82) is 0 Å². The number of sulfonamides is 1. The number of hydrogen-bond acceptors (Lipinski definition) is 4. The van der Waals surface area contributed by atoms with Crippen LogP contribution in [0.3, 0.4) is 0 Å². The van der Waals surface area contributed by atoms with E-state index in [4.69, 9.17) is 5.14 Å². The van der Waals surface area contributed by atoms with Gasteiger partial charge in [0.2, 0.25) is 10.0 Å². The SMILES string of the molecule is Cc1ccccc1-n1ccnc1SCCCS(N)(=O)=O. The molecule has 20 heavy (non-hydrogen) atoms. The summed E-state index contributed by atoms with van der Waals surface area (Å²) in [6.45, 7) is 2.05. The van der Waals surface area contributed by atoms with E-state index in [2.05, 4.69) is 4.98 Å². The standard InChI is InChI=1S/C13H17N3O2S2/c1-11-5-2-3-6-12(11)16-8-7-15-13(16)19-9-4-10-20(14,17)18/h2-3,5-8H,4,9-10H2,1H3,(H2,14,17,18). The van der Waals surface area contributed by atoms with Crippen LogP contribution in [0.4, 0.5) is 0 Å². The fourth-order valence-corrected chi connectivity index (χ4v) is 3.47. The fourth-order valence-electron chi connectivity index (χ4n) is 1.84. The number of para-hydroxylation sites is 1. The van der Waals surface area contributed by atoms with Crippen LogP contribution in [0, 0.1) is 6.92 Å². The first-order valence-corrected chi connectivity index (χ1v) is 8.90. The highest BCUT2D eigenvalue weighted by Crippen LogP contribution is 2.22. The third-order valence-electron chi connectivity index (χ3n) is 2.79. The highest BCUT2D eigenvalue weighted by molar-refractivity contribution is 7.99. The topological polar surface area (TPSA) is 78.0 Å². The second kappa shape index (κ2) is 6.43. The Morgan fingerprint density at radius 3 is 2.80 bits per heavy atom. The Hall–Kier alpha value is -1.31. The number of benzene rings is 1. The number of primary sulfonamides is 1. The number of hydrogen-bond donors (Lipinski definition) is 1.